The van der Waals surface area contributed by atoms with Gasteiger partial charge in [0.2, 0.25) is 5.91 Å². The average molecular weight is 408 g/mol. The highest BCUT2D eigenvalue weighted by molar-refractivity contribution is 6.08. The van der Waals surface area contributed by atoms with Crippen LogP contribution in [-0.4, -0.2) is 22.7 Å². The van der Waals surface area contributed by atoms with Crippen molar-refractivity contribution < 1.29 is 4.79 Å². The molecule has 2 aliphatic heterocycles. The number of aromatic nitrogens is 1. The lowest BCUT2D eigenvalue weighted by Crippen LogP contribution is -2.58. The van der Waals surface area contributed by atoms with Gasteiger partial charge in [0.15, 0.2) is 0 Å². The molecule has 1 fully saturated rings. The lowest BCUT2D eigenvalue weighted by atomic mass is 9.75. The molecule has 1 N–H and O–H groups in total. The van der Waals surface area contributed by atoms with Gasteiger partial charge in [0.25, 0.3) is 0 Å². The first kappa shape index (κ1) is 18.3. The van der Waals surface area contributed by atoms with Gasteiger partial charge in [-0.3, -0.25) is 4.79 Å². The van der Waals surface area contributed by atoms with Gasteiger partial charge >= 0.3 is 0 Å². The van der Waals surface area contributed by atoms with Gasteiger partial charge in [0.05, 0.1) is 6.54 Å². The Labute approximate surface area is 181 Å². The predicted octanol–water partition coefficient (Wildman–Crippen LogP) is 4.97. The number of rotatable bonds is 2. The van der Waals surface area contributed by atoms with E-state index in [0.717, 1.165) is 11.3 Å². The molecule has 31 heavy (non-hydrogen) atoms. The number of hydrogen-bond acceptors (Lipinski definition) is 2. The summed E-state index contributed by atoms with van der Waals surface area (Å²) < 4.78 is 2.24. The summed E-state index contributed by atoms with van der Waals surface area (Å²) in [5.74, 6) is 0.0664. The second-order valence-electron chi connectivity index (χ2n) is 9.23. The minimum absolute atomic E-state index is 0.0664. The minimum atomic E-state index is -0.568. The van der Waals surface area contributed by atoms with E-state index in [1.807, 2.05) is 6.07 Å². The van der Waals surface area contributed by atoms with E-state index in [2.05, 4.69) is 108 Å². The zero-order valence-electron chi connectivity index (χ0n) is 18.0. The summed E-state index contributed by atoms with van der Waals surface area (Å²) in [4.78, 5) is 14.7. The molecule has 4 nitrogen and oxygen atoms in total. The first-order valence-electron chi connectivity index (χ1n) is 10.8. The Hall–Kier alpha value is -3.53. The SMILES string of the molecule is Cn1c2ccccc2c2cc(C=CC34NC(=O)CN3c3ccccc3C4(C)C)ccc21. The van der Waals surface area contributed by atoms with Crippen molar-refractivity contribution in [3.63, 3.8) is 0 Å². The molecule has 0 radical (unpaired) electrons. The van der Waals surface area contributed by atoms with E-state index in [1.165, 1.54) is 27.4 Å². The molecule has 0 bridgehead atoms. The molecule has 1 atom stereocenters. The van der Waals surface area contributed by atoms with Gasteiger partial charge < -0.3 is 14.8 Å². The first-order valence-corrected chi connectivity index (χ1v) is 10.8. The zero-order chi connectivity index (χ0) is 21.4. The van der Waals surface area contributed by atoms with Crippen molar-refractivity contribution >= 4 is 39.5 Å². The van der Waals surface area contributed by atoms with Crippen LogP contribution in [0.2, 0.25) is 0 Å². The van der Waals surface area contributed by atoms with Crippen molar-refractivity contribution in [2.45, 2.75) is 24.9 Å². The third kappa shape index (κ3) is 2.27. The van der Waals surface area contributed by atoms with Crippen LogP contribution in [0.25, 0.3) is 27.9 Å². The smallest absolute Gasteiger partial charge is 0.241 e. The van der Waals surface area contributed by atoms with Gasteiger partial charge in [0, 0.05) is 40.0 Å². The fourth-order valence-electron chi connectivity index (χ4n) is 5.65. The molecule has 2 aliphatic rings. The van der Waals surface area contributed by atoms with Crippen LogP contribution in [-0.2, 0) is 17.3 Å². The second-order valence-corrected chi connectivity index (χ2v) is 9.23. The number of fused-ring (bicyclic) bond motifs is 6. The largest absolute Gasteiger partial charge is 0.344 e. The van der Waals surface area contributed by atoms with Crippen LogP contribution in [0.4, 0.5) is 5.69 Å². The Morgan fingerprint density at radius 2 is 1.68 bits per heavy atom. The summed E-state index contributed by atoms with van der Waals surface area (Å²) in [5, 5.41) is 5.81. The molecule has 154 valence electrons. The molecule has 4 aromatic rings. The van der Waals surface area contributed by atoms with Crippen LogP contribution in [0.3, 0.4) is 0 Å². The monoisotopic (exact) mass is 407 g/mol. The van der Waals surface area contributed by atoms with Crippen molar-refractivity contribution in [2.75, 3.05) is 11.4 Å². The topological polar surface area (TPSA) is 37.3 Å². The number of nitrogens with one attached hydrogen (secondary N) is 1. The summed E-state index contributed by atoms with van der Waals surface area (Å²) >= 11 is 0. The van der Waals surface area contributed by atoms with Gasteiger partial charge in [0.1, 0.15) is 5.66 Å². The number of carbonyl (C=O) groups is 1. The molecule has 4 heteroatoms. The molecule has 3 aromatic carbocycles. The van der Waals surface area contributed by atoms with E-state index in [1.54, 1.807) is 0 Å². The van der Waals surface area contributed by atoms with E-state index < -0.39 is 5.66 Å². The Morgan fingerprint density at radius 3 is 2.55 bits per heavy atom. The normalized spacial score (nSPS) is 21.8. The van der Waals surface area contributed by atoms with Gasteiger partial charge in [-0.15, -0.1) is 0 Å². The van der Waals surface area contributed by atoms with Crippen molar-refractivity contribution in [2.24, 2.45) is 7.05 Å². The number of aryl methyl sites for hydroxylation is 1. The number of benzene rings is 3. The fourth-order valence-corrected chi connectivity index (χ4v) is 5.65. The molecule has 6 rings (SSSR count). The molecule has 0 spiro atoms. The summed E-state index contributed by atoms with van der Waals surface area (Å²) in [5.41, 5.74) is 5.17. The molecular weight excluding hydrogens is 382 g/mol. The van der Waals surface area contributed by atoms with Crippen LogP contribution in [0, 0.1) is 0 Å². The van der Waals surface area contributed by atoms with E-state index >= 15 is 0 Å². The number of anilines is 1. The molecule has 1 unspecified atom stereocenters. The Morgan fingerprint density at radius 1 is 0.935 bits per heavy atom. The van der Waals surface area contributed by atoms with Crippen LogP contribution >= 0.6 is 0 Å². The van der Waals surface area contributed by atoms with Crippen LogP contribution in [0.15, 0.2) is 72.8 Å². The van der Waals surface area contributed by atoms with Crippen molar-refractivity contribution in [1.29, 1.82) is 0 Å². The van der Waals surface area contributed by atoms with Gasteiger partial charge in [-0.05, 0) is 41.5 Å². The molecule has 1 aromatic heterocycles. The average Bonchev–Trinajstić information content (AvgIpc) is 3.33. The first-order chi connectivity index (χ1) is 14.9. The number of hydrogen-bond donors (Lipinski definition) is 1. The third-order valence-electron chi connectivity index (χ3n) is 7.33. The number of carbonyl (C=O) groups excluding carboxylic acids is 1. The minimum Gasteiger partial charge on any atom is -0.344 e. The van der Waals surface area contributed by atoms with Gasteiger partial charge in [-0.25, -0.2) is 0 Å². The molecule has 0 aliphatic carbocycles. The van der Waals surface area contributed by atoms with Crippen molar-refractivity contribution in [3.05, 3.63) is 83.9 Å². The molecule has 3 heterocycles. The number of para-hydroxylation sites is 2. The maximum absolute atomic E-state index is 12.5. The predicted molar refractivity (Wildman–Crippen MR) is 127 cm³/mol. The standard InChI is InChI=1S/C27H25N3O/c1-26(2)21-9-5-7-11-24(21)30-17-25(31)28-27(26,30)15-14-18-12-13-23-20(16-18)19-8-4-6-10-22(19)29(23)3/h4-16H,17H2,1-3H3,(H,28,31). The second kappa shape index (κ2) is 6.01. The van der Waals surface area contributed by atoms with E-state index in [0.29, 0.717) is 6.54 Å². The summed E-state index contributed by atoms with van der Waals surface area (Å²) in [6.45, 7) is 4.82. The van der Waals surface area contributed by atoms with Gasteiger partial charge in [-0.1, -0.05) is 62.4 Å². The number of amides is 1. The zero-order valence-corrected chi connectivity index (χ0v) is 18.0. The Kier molecular flexibility index (Phi) is 3.54. The maximum Gasteiger partial charge on any atom is 0.241 e. The fraction of sp³-hybridized carbons (Fsp3) is 0.222. The van der Waals surface area contributed by atoms with Crippen molar-refractivity contribution in [3.8, 4) is 0 Å². The lowest BCUT2D eigenvalue weighted by molar-refractivity contribution is -0.118. The molecule has 0 saturated carbocycles. The van der Waals surface area contributed by atoms with E-state index in [-0.39, 0.29) is 11.3 Å². The van der Waals surface area contributed by atoms with Gasteiger partial charge in [-0.2, -0.15) is 0 Å². The third-order valence-corrected chi connectivity index (χ3v) is 7.33. The Bertz CT molecular complexity index is 1410. The summed E-state index contributed by atoms with van der Waals surface area (Å²) in [6, 6.07) is 23.5. The molecule has 1 amide bonds. The lowest BCUT2D eigenvalue weighted by Gasteiger charge is -2.40. The highest BCUT2D eigenvalue weighted by atomic mass is 16.2. The molecular formula is C27H25N3O. The highest BCUT2D eigenvalue weighted by Crippen LogP contribution is 2.52. The summed E-state index contributed by atoms with van der Waals surface area (Å²) in [6.07, 6.45) is 4.34. The van der Waals surface area contributed by atoms with Crippen LogP contribution in [0.1, 0.15) is 25.0 Å². The van der Waals surface area contributed by atoms with E-state index in [9.17, 15) is 4.79 Å². The van der Waals surface area contributed by atoms with E-state index in [4.69, 9.17) is 0 Å². The highest BCUT2D eigenvalue weighted by Gasteiger charge is 2.59. The quantitative estimate of drug-likeness (QED) is 0.509. The van der Waals surface area contributed by atoms with Crippen molar-refractivity contribution in [1.82, 2.24) is 9.88 Å². The molecule has 1 saturated heterocycles. The van der Waals surface area contributed by atoms with Crippen LogP contribution in [0.5, 0.6) is 0 Å². The van der Waals surface area contributed by atoms with Crippen LogP contribution < -0.4 is 10.2 Å². The summed E-state index contributed by atoms with van der Waals surface area (Å²) in [7, 11) is 2.11. The number of nitrogens with zero attached hydrogens (tertiary/aromatic N) is 2. The Balaban J connectivity index is 1.49. The maximum atomic E-state index is 12.5.